The van der Waals surface area contributed by atoms with Crippen LogP contribution in [-0.2, 0) is 12.8 Å². The molecule has 0 spiro atoms. The van der Waals surface area contributed by atoms with Gasteiger partial charge in [-0.15, -0.1) is 13.2 Å². The third-order valence-corrected chi connectivity index (χ3v) is 5.64. The van der Waals surface area contributed by atoms with E-state index >= 15 is 4.39 Å². The van der Waals surface area contributed by atoms with Crippen molar-refractivity contribution in [3.05, 3.63) is 88.2 Å². The highest BCUT2D eigenvalue weighted by Crippen LogP contribution is 2.37. The van der Waals surface area contributed by atoms with Crippen molar-refractivity contribution in [1.82, 2.24) is 0 Å². The van der Waals surface area contributed by atoms with Crippen LogP contribution in [0.25, 0.3) is 22.8 Å². The molecule has 0 radical (unpaired) electrons. The molecule has 0 N–H and O–H groups in total. The summed E-state index contributed by atoms with van der Waals surface area (Å²) in [4.78, 5) is 0. The minimum Gasteiger partial charge on any atom is -0.403 e. The third-order valence-electron chi connectivity index (χ3n) is 5.64. The van der Waals surface area contributed by atoms with Gasteiger partial charge in [0.1, 0.15) is 11.6 Å². The fourth-order valence-corrected chi connectivity index (χ4v) is 4.12. The number of benzene rings is 3. The van der Waals surface area contributed by atoms with Gasteiger partial charge in [-0.25, -0.2) is 13.2 Å². The SMILES string of the molecule is CCCc1ccc(C2=Cc3ccc(-c4ccc(OC(F)(F)F)c(F)c4)c(F)c3CC2)c(F)c1. The summed E-state index contributed by atoms with van der Waals surface area (Å²) >= 11 is 0. The number of aryl methyl sites for hydroxylation is 1. The topological polar surface area (TPSA) is 9.23 Å². The van der Waals surface area contributed by atoms with Crippen molar-refractivity contribution in [2.75, 3.05) is 0 Å². The highest BCUT2D eigenvalue weighted by atomic mass is 19.4. The van der Waals surface area contributed by atoms with Gasteiger partial charge in [-0.1, -0.05) is 49.8 Å². The molecule has 0 aliphatic heterocycles. The van der Waals surface area contributed by atoms with Crippen LogP contribution in [0.3, 0.4) is 0 Å². The van der Waals surface area contributed by atoms with Crippen molar-refractivity contribution in [1.29, 1.82) is 0 Å². The first-order valence-electron chi connectivity index (χ1n) is 10.5. The van der Waals surface area contributed by atoms with E-state index < -0.39 is 23.7 Å². The lowest BCUT2D eigenvalue weighted by Gasteiger charge is -2.20. The molecule has 0 atom stereocenters. The Morgan fingerprint density at radius 1 is 0.848 bits per heavy atom. The van der Waals surface area contributed by atoms with Crippen LogP contribution in [0.5, 0.6) is 5.75 Å². The second-order valence-electron chi connectivity index (χ2n) is 7.92. The fraction of sp³-hybridized carbons (Fsp3) is 0.231. The normalized spacial score (nSPS) is 13.5. The second kappa shape index (κ2) is 8.96. The molecule has 3 aromatic carbocycles. The maximum Gasteiger partial charge on any atom is 0.573 e. The number of allylic oxidation sites excluding steroid dienone is 1. The smallest absolute Gasteiger partial charge is 0.403 e. The van der Waals surface area contributed by atoms with Crippen LogP contribution in [0.1, 0.15) is 42.0 Å². The lowest BCUT2D eigenvalue weighted by atomic mass is 9.86. The molecule has 0 fully saturated rings. The van der Waals surface area contributed by atoms with Crippen LogP contribution < -0.4 is 4.74 Å². The summed E-state index contributed by atoms with van der Waals surface area (Å²) in [6.07, 6.45) is -0.849. The van der Waals surface area contributed by atoms with Crippen molar-refractivity contribution in [2.45, 2.75) is 39.0 Å². The van der Waals surface area contributed by atoms with Crippen LogP contribution >= 0.6 is 0 Å². The second-order valence-corrected chi connectivity index (χ2v) is 7.92. The first-order chi connectivity index (χ1) is 15.7. The molecule has 0 bridgehead atoms. The van der Waals surface area contributed by atoms with E-state index in [-0.39, 0.29) is 16.9 Å². The first-order valence-corrected chi connectivity index (χ1v) is 10.5. The first kappa shape index (κ1) is 23.0. The number of fused-ring (bicyclic) bond motifs is 1. The van der Waals surface area contributed by atoms with Gasteiger partial charge in [-0.2, -0.15) is 0 Å². The van der Waals surface area contributed by atoms with E-state index in [0.717, 1.165) is 36.1 Å². The van der Waals surface area contributed by atoms with Crippen LogP contribution in [-0.4, -0.2) is 6.36 Å². The number of hydrogen-bond donors (Lipinski definition) is 0. The van der Waals surface area contributed by atoms with Gasteiger partial charge < -0.3 is 4.74 Å². The molecular formula is C26H20F6O. The van der Waals surface area contributed by atoms with Gasteiger partial charge >= 0.3 is 6.36 Å². The van der Waals surface area contributed by atoms with Crippen molar-refractivity contribution in [3.8, 4) is 16.9 Å². The summed E-state index contributed by atoms with van der Waals surface area (Å²) in [7, 11) is 0. The van der Waals surface area contributed by atoms with Crippen LogP contribution in [0, 0.1) is 17.5 Å². The summed E-state index contributed by atoms with van der Waals surface area (Å²) in [6.45, 7) is 2.02. The summed E-state index contributed by atoms with van der Waals surface area (Å²) in [6, 6.07) is 11.1. The Kier molecular flexibility index (Phi) is 6.23. The van der Waals surface area contributed by atoms with E-state index in [9.17, 15) is 22.0 Å². The van der Waals surface area contributed by atoms with Crippen LogP contribution in [0.15, 0.2) is 48.5 Å². The van der Waals surface area contributed by atoms with Crippen molar-refractivity contribution in [3.63, 3.8) is 0 Å². The van der Waals surface area contributed by atoms with E-state index in [1.54, 1.807) is 18.2 Å². The quantitative estimate of drug-likeness (QED) is 0.348. The van der Waals surface area contributed by atoms with Gasteiger partial charge in [0.25, 0.3) is 0 Å². The third kappa shape index (κ3) is 4.92. The number of rotatable bonds is 5. The molecular weight excluding hydrogens is 442 g/mol. The zero-order valence-electron chi connectivity index (χ0n) is 17.7. The predicted octanol–water partition coefficient (Wildman–Crippen LogP) is 8.11. The molecule has 1 aliphatic rings. The highest BCUT2D eigenvalue weighted by Gasteiger charge is 2.32. The predicted molar refractivity (Wildman–Crippen MR) is 115 cm³/mol. The maximum atomic E-state index is 15.3. The minimum atomic E-state index is -5.03. The number of hydrogen-bond acceptors (Lipinski definition) is 1. The van der Waals surface area contributed by atoms with Gasteiger partial charge in [0.05, 0.1) is 0 Å². The molecule has 0 saturated carbocycles. The Labute approximate surface area is 187 Å². The average Bonchev–Trinajstić information content (AvgIpc) is 2.75. The molecule has 172 valence electrons. The number of halogens is 6. The molecule has 1 aliphatic carbocycles. The van der Waals surface area contributed by atoms with Crippen LogP contribution in [0.2, 0.25) is 0 Å². The minimum absolute atomic E-state index is 0.0677. The number of alkyl halides is 3. The van der Waals surface area contributed by atoms with Gasteiger partial charge in [0.2, 0.25) is 0 Å². The molecule has 0 aromatic heterocycles. The lowest BCUT2D eigenvalue weighted by molar-refractivity contribution is -0.275. The molecule has 7 heteroatoms. The van der Waals surface area contributed by atoms with E-state index in [2.05, 4.69) is 4.74 Å². The molecule has 0 unspecified atom stereocenters. The maximum absolute atomic E-state index is 15.3. The van der Waals surface area contributed by atoms with Crippen LogP contribution in [0.4, 0.5) is 26.3 Å². The summed E-state index contributed by atoms with van der Waals surface area (Å²) in [5, 5.41) is 0. The lowest BCUT2D eigenvalue weighted by Crippen LogP contribution is -2.17. The van der Waals surface area contributed by atoms with Crippen molar-refractivity contribution >= 4 is 11.6 Å². The van der Waals surface area contributed by atoms with Gasteiger partial charge in [0, 0.05) is 11.1 Å². The van der Waals surface area contributed by atoms with E-state index in [1.807, 2.05) is 13.0 Å². The standard InChI is InChI=1S/C26H20F6O/c1-2-3-15-4-8-19(22(27)12-15)16-5-9-20-17(13-16)6-10-21(25(20)29)18-7-11-24(23(28)14-18)33-26(30,31)32/h4,6-8,10-14H,2-3,5,9H2,1H3. The van der Waals surface area contributed by atoms with E-state index in [0.29, 0.717) is 29.5 Å². The molecule has 3 aromatic rings. The molecule has 33 heavy (non-hydrogen) atoms. The van der Waals surface area contributed by atoms with Crippen molar-refractivity contribution < 1.29 is 31.1 Å². The largest absolute Gasteiger partial charge is 0.573 e. The highest BCUT2D eigenvalue weighted by molar-refractivity contribution is 5.85. The molecule has 0 heterocycles. The Hall–Kier alpha value is -3.22. The van der Waals surface area contributed by atoms with E-state index in [4.69, 9.17) is 0 Å². The zero-order chi connectivity index (χ0) is 23.8. The van der Waals surface area contributed by atoms with Gasteiger partial charge in [-0.05, 0) is 65.3 Å². The molecule has 0 saturated heterocycles. The summed E-state index contributed by atoms with van der Waals surface area (Å²) < 4.78 is 84.7. The van der Waals surface area contributed by atoms with Gasteiger partial charge in [0.15, 0.2) is 11.6 Å². The van der Waals surface area contributed by atoms with Crippen molar-refractivity contribution in [2.24, 2.45) is 0 Å². The Morgan fingerprint density at radius 3 is 2.27 bits per heavy atom. The Morgan fingerprint density at radius 2 is 1.61 bits per heavy atom. The van der Waals surface area contributed by atoms with Gasteiger partial charge in [-0.3, -0.25) is 0 Å². The fourth-order valence-electron chi connectivity index (χ4n) is 4.12. The Bertz CT molecular complexity index is 1230. The average molecular weight is 462 g/mol. The molecule has 4 rings (SSSR count). The monoisotopic (exact) mass is 462 g/mol. The Balaban J connectivity index is 1.65. The summed E-state index contributed by atoms with van der Waals surface area (Å²) in [5.41, 5.74) is 3.31. The molecule has 1 nitrogen and oxygen atoms in total. The molecule has 0 amide bonds. The van der Waals surface area contributed by atoms with E-state index in [1.165, 1.54) is 18.2 Å². The zero-order valence-corrected chi connectivity index (χ0v) is 17.7. The number of ether oxygens (including phenoxy) is 1. The summed E-state index contributed by atoms with van der Waals surface area (Å²) in [5.74, 6) is -3.12.